The third kappa shape index (κ3) is 46.0. The fourth-order valence-corrected chi connectivity index (χ4v) is 3.32. The Morgan fingerprint density at radius 3 is 0.595 bits per heavy atom. The summed E-state index contributed by atoms with van der Waals surface area (Å²) in [5.74, 6) is 5.00. The maximum absolute atomic E-state index is 8.74. The van der Waals surface area contributed by atoms with Gasteiger partial charge < -0.3 is 9.80 Å². The highest BCUT2D eigenvalue weighted by Crippen LogP contribution is 2.10. The van der Waals surface area contributed by atoms with Crippen molar-refractivity contribution in [3.8, 4) is 0 Å². The summed E-state index contributed by atoms with van der Waals surface area (Å²) in [7, 11) is -4.67. The van der Waals surface area contributed by atoms with Gasteiger partial charge in [0, 0.05) is 0 Å². The third-order valence-corrected chi connectivity index (χ3v) is 6.14. The lowest BCUT2D eigenvalue weighted by molar-refractivity contribution is 0.231. The lowest BCUT2D eigenvalue weighted by atomic mass is 10.1. The summed E-state index contributed by atoms with van der Waals surface area (Å²) in [6.07, 6.45) is 8.06. The Bertz CT molecular complexity index is 475. The van der Waals surface area contributed by atoms with Crippen LogP contribution in [0, 0.1) is 35.5 Å². The van der Waals surface area contributed by atoms with E-state index in [-0.39, 0.29) is 0 Å². The normalized spacial score (nSPS) is 12.3. The minimum Gasteiger partial charge on any atom is -0.303 e. The zero-order valence-corrected chi connectivity index (χ0v) is 27.8. The van der Waals surface area contributed by atoms with E-state index in [9.17, 15) is 0 Å². The Morgan fingerprint density at radius 2 is 0.514 bits per heavy atom. The molecule has 0 spiro atoms. The molecule has 0 atom stereocenters. The summed E-state index contributed by atoms with van der Waals surface area (Å²) in [5.41, 5.74) is 0. The molecular weight excluding hydrogens is 484 g/mol. The highest BCUT2D eigenvalue weighted by molar-refractivity contribution is 7.79. The predicted octanol–water partition coefficient (Wildman–Crippen LogP) is 8.20. The number of hydrogen-bond donors (Lipinski definition) is 2. The molecule has 0 radical (unpaired) electrons. The molecule has 0 aromatic rings. The van der Waals surface area contributed by atoms with Crippen LogP contribution in [-0.2, 0) is 10.4 Å². The van der Waals surface area contributed by atoms with Crippen LogP contribution in [0.25, 0.3) is 0 Å². The molecule has 37 heavy (non-hydrogen) atoms. The molecule has 0 fully saturated rings. The molecule has 0 rings (SSSR count). The van der Waals surface area contributed by atoms with E-state index in [1.165, 1.54) is 77.8 Å². The average molecular weight is 553 g/mol. The van der Waals surface area contributed by atoms with Gasteiger partial charge in [0.2, 0.25) is 0 Å². The average Bonchev–Trinajstić information content (AvgIpc) is 2.71. The fraction of sp³-hybridized carbons (Fsp3) is 1.00. The molecule has 0 bridgehead atoms. The fourth-order valence-electron chi connectivity index (χ4n) is 3.32. The first kappa shape index (κ1) is 41.3. The van der Waals surface area contributed by atoms with Gasteiger partial charge in [-0.3, -0.25) is 9.11 Å². The predicted molar refractivity (Wildman–Crippen MR) is 164 cm³/mol. The molecule has 228 valence electrons. The van der Waals surface area contributed by atoms with Crippen molar-refractivity contribution in [3.05, 3.63) is 0 Å². The van der Waals surface area contributed by atoms with Crippen LogP contribution < -0.4 is 0 Å². The molecule has 0 aromatic heterocycles. The van der Waals surface area contributed by atoms with E-state index >= 15 is 0 Å². The lowest BCUT2D eigenvalue weighted by Gasteiger charge is -2.24. The smallest absolute Gasteiger partial charge is 0.303 e. The summed E-state index contributed by atoms with van der Waals surface area (Å²) in [5, 5.41) is 0. The van der Waals surface area contributed by atoms with Gasteiger partial charge in [-0.1, -0.05) is 83.1 Å². The summed E-state index contributed by atoms with van der Waals surface area (Å²) >= 11 is 0. The molecule has 0 heterocycles. The largest absolute Gasteiger partial charge is 0.394 e. The summed E-state index contributed by atoms with van der Waals surface area (Å²) in [6.45, 7) is 35.6. The molecule has 0 saturated heterocycles. The van der Waals surface area contributed by atoms with Gasteiger partial charge in [0.15, 0.2) is 0 Å². The molecule has 0 aliphatic heterocycles. The number of rotatable bonds is 18. The SMILES string of the molecule is CC(C)CCN(CCC(C)C)CCC(C)C.CC(C)CCN(CCC(C)C)CCC(C)C.O=S(=O)(O)O. The van der Waals surface area contributed by atoms with Crippen LogP contribution >= 0.6 is 0 Å². The second-order valence-corrected chi connectivity index (χ2v) is 14.1. The van der Waals surface area contributed by atoms with Gasteiger partial charge in [-0.2, -0.15) is 8.42 Å². The molecule has 0 aliphatic rings. The molecule has 0 unspecified atom stereocenters. The van der Waals surface area contributed by atoms with Gasteiger partial charge in [0.1, 0.15) is 0 Å². The van der Waals surface area contributed by atoms with Gasteiger partial charge in [-0.05, 0) is 113 Å². The maximum atomic E-state index is 8.74. The molecule has 0 aromatic carbocycles. The van der Waals surface area contributed by atoms with Gasteiger partial charge >= 0.3 is 10.4 Å². The summed E-state index contributed by atoms with van der Waals surface area (Å²) < 4.78 is 31.6. The van der Waals surface area contributed by atoms with E-state index in [0.29, 0.717) is 0 Å². The van der Waals surface area contributed by atoms with E-state index in [2.05, 4.69) is 92.9 Å². The zero-order valence-electron chi connectivity index (χ0n) is 27.0. The van der Waals surface area contributed by atoms with Crippen LogP contribution in [0.15, 0.2) is 0 Å². The lowest BCUT2D eigenvalue weighted by Crippen LogP contribution is -2.29. The van der Waals surface area contributed by atoms with Crippen molar-refractivity contribution in [2.24, 2.45) is 35.5 Å². The highest BCUT2D eigenvalue weighted by atomic mass is 32.3. The highest BCUT2D eigenvalue weighted by Gasteiger charge is 2.09. The minimum atomic E-state index is -4.67. The quantitative estimate of drug-likeness (QED) is 0.167. The van der Waals surface area contributed by atoms with Crippen molar-refractivity contribution in [3.63, 3.8) is 0 Å². The van der Waals surface area contributed by atoms with E-state index in [1.54, 1.807) is 0 Å². The van der Waals surface area contributed by atoms with E-state index in [4.69, 9.17) is 17.5 Å². The molecule has 2 N–H and O–H groups in total. The van der Waals surface area contributed by atoms with Crippen LogP contribution in [0.1, 0.15) is 122 Å². The Labute approximate surface area is 233 Å². The topological polar surface area (TPSA) is 81.1 Å². The van der Waals surface area contributed by atoms with Crippen LogP contribution in [0.2, 0.25) is 0 Å². The van der Waals surface area contributed by atoms with Gasteiger partial charge in [-0.25, -0.2) is 0 Å². The van der Waals surface area contributed by atoms with E-state index in [0.717, 1.165) is 35.5 Å². The van der Waals surface area contributed by atoms with Crippen LogP contribution in [0.5, 0.6) is 0 Å². The van der Waals surface area contributed by atoms with Crippen molar-refractivity contribution >= 4 is 10.4 Å². The van der Waals surface area contributed by atoms with Crippen LogP contribution in [-0.4, -0.2) is 66.6 Å². The van der Waals surface area contributed by atoms with Gasteiger partial charge in [-0.15, -0.1) is 0 Å². The first-order chi connectivity index (χ1) is 16.8. The first-order valence-corrected chi connectivity index (χ1v) is 16.4. The Kier molecular flexibility index (Phi) is 27.7. The molecule has 7 heteroatoms. The standard InChI is InChI=1S/2C15H33N.H2O4S/c2*1-13(2)7-10-16(11-8-14(3)4)12-9-15(5)6;1-5(2,3)4/h2*13-15H,7-12H2,1-6H3;(H2,1,2,3,4). The number of hydrogen-bond acceptors (Lipinski definition) is 4. The molecule has 6 nitrogen and oxygen atoms in total. The van der Waals surface area contributed by atoms with Crippen molar-refractivity contribution in [1.29, 1.82) is 0 Å². The van der Waals surface area contributed by atoms with Crippen molar-refractivity contribution in [1.82, 2.24) is 9.80 Å². The van der Waals surface area contributed by atoms with Crippen LogP contribution in [0.3, 0.4) is 0 Å². The molecular formula is C30H68N2O4S. The second kappa shape index (κ2) is 24.8. The van der Waals surface area contributed by atoms with E-state index in [1.807, 2.05) is 0 Å². The Morgan fingerprint density at radius 1 is 0.405 bits per heavy atom. The summed E-state index contributed by atoms with van der Waals surface area (Å²) in [6, 6.07) is 0. The van der Waals surface area contributed by atoms with Crippen LogP contribution in [0.4, 0.5) is 0 Å². The number of nitrogens with zero attached hydrogens (tertiary/aromatic N) is 2. The maximum Gasteiger partial charge on any atom is 0.394 e. The Hall–Kier alpha value is -0.210. The Balaban J connectivity index is -0.000000528. The zero-order chi connectivity index (χ0) is 29.6. The summed E-state index contributed by atoms with van der Waals surface area (Å²) in [4.78, 5) is 5.33. The third-order valence-electron chi connectivity index (χ3n) is 6.14. The monoisotopic (exact) mass is 552 g/mol. The first-order valence-electron chi connectivity index (χ1n) is 15.0. The molecule has 0 aliphatic carbocycles. The molecule has 0 amide bonds. The van der Waals surface area contributed by atoms with Crippen molar-refractivity contribution < 1.29 is 17.5 Å². The van der Waals surface area contributed by atoms with Gasteiger partial charge in [0.25, 0.3) is 0 Å². The van der Waals surface area contributed by atoms with Gasteiger partial charge in [0.05, 0.1) is 0 Å². The molecule has 0 saturated carbocycles. The second-order valence-electron chi connectivity index (χ2n) is 13.2. The van der Waals surface area contributed by atoms with Crippen molar-refractivity contribution in [2.45, 2.75) is 122 Å². The minimum absolute atomic E-state index is 0.834. The van der Waals surface area contributed by atoms with E-state index < -0.39 is 10.4 Å². The van der Waals surface area contributed by atoms with Crippen molar-refractivity contribution in [2.75, 3.05) is 39.3 Å².